The minimum absolute atomic E-state index is 0.0953. The summed E-state index contributed by atoms with van der Waals surface area (Å²) in [6.45, 7) is 6.17. The Kier molecular flexibility index (Phi) is 6.46. The van der Waals surface area contributed by atoms with Crippen LogP contribution in [0.4, 0.5) is 10.1 Å². The van der Waals surface area contributed by atoms with Gasteiger partial charge in [-0.1, -0.05) is 6.07 Å². The van der Waals surface area contributed by atoms with Crippen molar-refractivity contribution in [1.29, 1.82) is 0 Å². The van der Waals surface area contributed by atoms with E-state index >= 15 is 0 Å². The van der Waals surface area contributed by atoms with E-state index < -0.39 is 5.82 Å². The van der Waals surface area contributed by atoms with E-state index in [-0.39, 0.29) is 17.7 Å². The van der Waals surface area contributed by atoms with Gasteiger partial charge in [-0.05, 0) is 50.5 Å². The second-order valence-corrected chi connectivity index (χ2v) is 8.18. The number of amides is 1. The molecule has 0 radical (unpaired) electrons. The van der Waals surface area contributed by atoms with Crippen LogP contribution in [-0.4, -0.2) is 61.3 Å². The van der Waals surface area contributed by atoms with Gasteiger partial charge in [-0.15, -0.1) is 11.3 Å². The van der Waals surface area contributed by atoms with Crippen LogP contribution in [0, 0.1) is 5.82 Å². The van der Waals surface area contributed by atoms with Crippen molar-refractivity contribution in [3.8, 4) is 0 Å². The lowest BCUT2D eigenvalue weighted by molar-refractivity contribution is -0.132. The van der Waals surface area contributed by atoms with Gasteiger partial charge in [-0.2, -0.15) is 0 Å². The quantitative estimate of drug-likeness (QED) is 0.693. The fraction of sp³-hybridized carbons (Fsp3) is 0.429. The zero-order chi connectivity index (χ0) is 20.3. The highest BCUT2D eigenvalue weighted by atomic mass is 32.1. The third-order valence-corrected chi connectivity index (χ3v) is 6.37. The van der Waals surface area contributed by atoms with Crippen molar-refractivity contribution >= 4 is 28.7 Å². The molecule has 0 aliphatic carbocycles. The number of rotatable bonds is 6. The molecular formula is C21H26FN3O2S. The molecule has 7 heteroatoms. The summed E-state index contributed by atoms with van der Waals surface area (Å²) in [5, 5.41) is 2.04. The van der Waals surface area contributed by atoms with Crippen LogP contribution in [0.3, 0.4) is 0 Å². The molecule has 1 aliphatic rings. The lowest BCUT2D eigenvalue weighted by Gasteiger charge is -2.37. The smallest absolute Gasteiger partial charge is 0.236 e. The minimum atomic E-state index is -0.392. The SMILES string of the molecule is CC(=O)c1ccc(N2CCN(C(=O)CN(C)[C@H](C)c3cccs3)CC2)c(F)c1. The van der Waals surface area contributed by atoms with Crippen LogP contribution in [0.15, 0.2) is 35.7 Å². The fourth-order valence-corrected chi connectivity index (χ4v) is 4.22. The van der Waals surface area contributed by atoms with Gasteiger partial charge in [0, 0.05) is 42.7 Å². The van der Waals surface area contributed by atoms with E-state index in [9.17, 15) is 14.0 Å². The lowest BCUT2D eigenvalue weighted by atomic mass is 10.1. The summed E-state index contributed by atoms with van der Waals surface area (Å²) in [4.78, 5) is 31.1. The second-order valence-electron chi connectivity index (χ2n) is 7.20. The molecule has 0 saturated carbocycles. The maximum Gasteiger partial charge on any atom is 0.236 e. The second kappa shape index (κ2) is 8.84. The zero-order valence-electron chi connectivity index (χ0n) is 16.5. The Bertz CT molecular complexity index is 832. The third-order valence-electron chi connectivity index (χ3n) is 5.33. The van der Waals surface area contributed by atoms with E-state index in [1.54, 1.807) is 23.5 Å². The maximum atomic E-state index is 14.4. The van der Waals surface area contributed by atoms with Crippen molar-refractivity contribution in [3.63, 3.8) is 0 Å². The molecule has 2 heterocycles. The predicted octanol–water partition coefficient (Wildman–Crippen LogP) is 3.43. The van der Waals surface area contributed by atoms with Gasteiger partial charge in [-0.25, -0.2) is 4.39 Å². The first-order chi connectivity index (χ1) is 13.4. The van der Waals surface area contributed by atoms with Crippen LogP contribution in [-0.2, 0) is 4.79 Å². The number of anilines is 1. The highest BCUT2D eigenvalue weighted by Gasteiger charge is 2.25. The molecule has 1 aromatic carbocycles. The van der Waals surface area contributed by atoms with Crippen LogP contribution < -0.4 is 4.90 Å². The molecule has 1 amide bonds. The number of thiophene rings is 1. The number of carbonyl (C=O) groups excluding carboxylic acids is 2. The number of halogens is 1. The number of Topliss-reactive ketones (excluding diaryl/α,β-unsaturated/α-hetero) is 1. The highest BCUT2D eigenvalue weighted by Crippen LogP contribution is 2.24. The Labute approximate surface area is 169 Å². The van der Waals surface area contributed by atoms with Gasteiger partial charge in [-0.3, -0.25) is 14.5 Å². The molecule has 2 aromatic rings. The topological polar surface area (TPSA) is 43.9 Å². The molecule has 0 spiro atoms. The van der Waals surface area contributed by atoms with Crippen molar-refractivity contribution in [3.05, 3.63) is 52.0 Å². The number of hydrogen-bond donors (Lipinski definition) is 0. The number of hydrogen-bond acceptors (Lipinski definition) is 5. The Hall–Kier alpha value is -2.25. The van der Waals surface area contributed by atoms with Crippen LogP contribution >= 0.6 is 11.3 Å². The molecule has 28 heavy (non-hydrogen) atoms. The van der Waals surface area contributed by atoms with Gasteiger partial charge in [0.15, 0.2) is 5.78 Å². The van der Waals surface area contributed by atoms with Crippen molar-refractivity contribution in [2.45, 2.75) is 19.9 Å². The summed E-state index contributed by atoms with van der Waals surface area (Å²) >= 11 is 1.69. The Morgan fingerprint density at radius 2 is 1.93 bits per heavy atom. The first-order valence-corrected chi connectivity index (χ1v) is 10.3. The summed E-state index contributed by atoms with van der Waals surface area (Å²) in [5.74, 6) is -0.447. The summed E-state index contributed by atoms with van der Waals surface area (Å²) in [6.07, 6.45) is 0. The van der Waals surface area contributed by atoms with Crippen LogP contribution in [0.5, 0.6) is 0 Å². The van der Waals surface area contributed by atoms with Gasteiger partial charge >= 0.3 is 0 Å². The number of likely N-dealkylation sites (N-methyl/N-ethyl adjacent to an activating group) is 1. The highest BCUT2D eigenvalue weighted by molar-refractivity contribution is 7.10. The van der Waals surface area contributed by atoms with Crippen LogP contribution in [0.25, 0.3) is 0 Å². The molecular weight excluding hydrogens is 377 g/mol. The molecule has 0 bridgehead atoms. The molecule has 1 saturated heterocycles. The summed E-state index contributed by atoms with van der Waals surface area (Å²) in [5.41, 5.74) is 0.860. The lowest BCUT2D eigenvalue weighted by Crippen LogP contribution is -2.51. The monoisotopic (exact) mass is 403 g/mol. The minimum Gasteiger partial charge on any atom is -0.366 e. The Balaban J connectivity index is 1.55. The number of carbonyl (C=O) groups is 2. The molecule has 1 aliphatic heterocycles. The van der Waals surface area contributed by atoms with Crippen molar-refractivity contribution in [2.75, 3.05) is 44.7 Å². The van der Waals surface area contributed by atoms with Crippen LogP contribution in [0.2, 0.25) is 0 Å². The average Bonchev–Trinajstić information content (AvgIpc) is 3.22. The number of nitrogens with zero attached hydrogens (tertiary/aromatic N) is 3. The molecule has 5 nitrogen and oxygen atoms in total. The van der Waals surface area contributed by atoms with Crippen molar-refractivity contribution in [1.82, 2.24) is 9.80 Å². The number of benzene rings is 1. The van der Waals surface area contributed by atoms with E-state index in [4.69, 9.17) is 0 Å². The van der Waals surface area contributed by atoms with E-state index in [1.807, 2.05) is 28.3 Å². The number of ketones is 1. The van der Waals surface area contributed by atoms with Gasteiger partial charge in [0.2, 0.25) is 5.91 Å². The molecule has 1 atom stereocenters. The van der Waals surface area contributed by atoms with E-state index in [0.717, 1.165) is 0 Å². The average molecular weight is 404 g/mol. The van der Waals surface area contributed by atoms with Gasteiger partial charge < -0.3 is 9.80 Å². The summed E-state index contributed by atoms with van der Waals surface area (Å²) < 4.78 is 14.4. The van der Waals surface area contributed by atoms with E-state index in [1.165, 1.54) is 17.9 Å². The van der Waals surface area contributed by atoms with Crippen molar-refractivity contribution < 1.29 is 14.0 Å². The van der Waals surface area contributed by atoms with E-state index in [2.05, 4.69) is 17.9 Å². The maximum absolute atomic E-state index is 14.4. The van der Waals surface area contributed by atoms with Gasteiger partial charge in [0.25, 0.3) is 0 Å². The van der Waals surface area contributed by atoms with Crippen molar-refractivity contribution in [2.24, 2.45) is 0 Å². The third kappa shape index (κ3) is 4.59. The summed E-state index contributed by atoms with van der Waals surface area (Å²) in [6, 6.07) is 8.89. The number of piperazine rings is 1. The first-order valence-electron chi connectivity index (χ1n) is 9.43. The largest absolute Gasteiger partial charge is 0.366 e. The van der Waals surface area contributed by atoms with E-state index in [0.29, 0.717) is 44.0 Å². The molecule has 1 aromatic heterocycles. The molecule has 0 N–H and O–H groups in total. The molecule has 1 fully saturated rings. The van der Waals surface area contributed by atoms with Crippen LogP contribution in [0.1, 0.15) is 35.1 Å². The Morgan fingerprint density at radius 3 is 2.50 bits per heavy atom. The predicted molar refractivity (Wildman–Crippen MR) is 111 cm³/mol. The normalized spacial score (nSPS) is 15.8. The van der Waals surface area contributed by atoms with Gasteiger partial charge in [0.1, 0.15) is 5.82 Å². The standard InChI is InChI=1S/C21H26FN3O2S/c1-15(20-5-4-12-28-20)23(3)14-21(27)25-10-8-24(9-11-25)19-7-6-17(16(2)26)13-18(19)22/h4-7,12-13,15H,8-11,14H2,1-3H3/t15-/m1/s1. The molecule has 3 rings (SSSR count). The molecule has 150 valence electrons. The summed E-state index contributed by atoms with van der Waals surface area (Å²) in [7, 11) is 1.96. The zero-order valence-corrected chi connectivity index (χ0v) is 17.3. The molecule has 0 unspecified atom stereocenters. The first kappa shape index (κ1) is 20.5. The van der Waals surface area contributed by atoms with Gasteiger partial charge in [0.05, 0.1) is 12.2 Å². The Morgan fingerprint density at radius 1 is 1.21 bits per heavy atom. The fourth-order valence-electron chi connectivity index (χ4n) is 3.38.